The first kappa shape index (κ1) is 25.2. The molecule has 0 bridgehead atoms. The molecule has 0 spiro atoms. The summed E-state index contributed by atoms with van der Waals surface area (Å²) in [6.45, 7) is 7.28. The van der Waals surface area contributed by atoms with Crippen molar-refractivity contribution >= 4 is 23.5 Å². The molecular weight excluding hydrogens is 441 g/mol. The van der Waals surface area contributed by atoms with Crippen LogP contribution in [0.1, 0.15) is 51.8 Å². The molecule has 180 valence electrons. The normalized spacial score (nSPS) is 15.0. The van der Waals surface area contributed by atoms with Crippen LogP contribution < -0.4 is 15.0 Å². The first-order valence-electron chi connectivity index (χ1n) is 11.3. The van der Waals surface area contributed by atoms with E-state index in [1.165, 1.54) is 6.92 Å². The van der Waals surface area contributed by atoms with Gasteiger partial charge in [-0.05, 0) is 64.5 Å². The molecule has 2 aromatic rings. The number of alkyl halides is 1. The highest BCUT2D eigenvalue weighted by atomic mass is 32.2. The summed E-state index contributed by atoms with van der Waals surface area (Å²) in [6.07, 6.45) is 5.59. The fraction of sp³-hybridized carbons (Fsp3) is 0.583. The minimum absolute atomic E-state index is 0.0172. The molecule has 0 aromatic carbocycles. The number of nitrogens with zero attached hydrogens (tertiary/aromatic N) is 4. The van der Waals surface area contributed by atoms with Gasteiger partial charge in [0.1, 0.15) is 23.3 Å². The minimum atomic E-state index is -1.43. The summed E-state index contributed by atoms with van der Waals surface area (Å²) in [5.41, 5.74) is 2.25. The lowest BCUT2D eigenvalue weighted by molar-refractivity contribution is -0.123. The predicted molar refractivity (Wildman–Crippen MR) is 132 cm³/mol. The second kappa shape index (κ2) is 10.7. The van der Waals surface area contributed by atoms with Gasteiger partial charge in [-0.1, -0.05) is 0 Å². The molecule has 0 aliphatic heterocycles. The summed E-state index contributed by atoms with van der Waals surface area (Å²) >= 11 is 1.72. The summed E-state index contributed by atoms with van der Waals surface area (Å²) in [6, 6.07) is 2.89. The Kier molecular flexibility index (Phi) is 8.15. The molecule has 1 amide bonds. The number of nitrogens with one attached hydrogen (secondary N) is 1. The van der Waals surface area contributed by atoms with Crippen LogP contribution in [-0.4, -0.2) is 57.9 Å². The summed E-state index contributed by atoms with van der Waals surface area (Å²) in [5, 5.41) is 3.12. The number of hydrogen-bond donors (Lipinski definition) is 1. The van der Waals surface area contributed by atoms with Crippen LogP contribution in [0.2, 0.25) is 0 Å². The Morgan fingerprint density at radius 3 is 2.76 bits per heavy atom. The fourth-order valence-electron chi connectivity index (χ4n) is 3.94. The first-order valence-corrected chi connectivity index (χ1v) is 12.7. The molecule has 0 saturated heterocycles. The van der Waals surface area contributed by atoms with E-state index in [2.05, 4.69) is 10.3 Å². The Bertz CT molecular complexity index is 980. The van der Waals surface area contributed by atoms with Crippen molar-refractivity contribution in [1.82, 2.24) is 20.3 Å². The number of carbonyl (C=O) groups excluding carboxylic acids is 1. The van der Waals surface area contributed by atoms with Gasteiger partial charge in [-0.25, -0.2) is 14.4 Å². The Labute approximate surface area is 199 Å². The number of ether oxygens (including phenoxy) is 1. The second-order valence-corrected chi connectivity index (χ2v) is 10.3. The van der Waals surface area contributed by atoms with Gasteiger partial charge in [0.15, 0.2) is 5.82 Å². The van der Waals surface area contributed by atoms with Crippen molar-refractivity contribution in [3.05, 3.63) is 29.6 Å². The number of amides is 1. The SMILES string of the molecule is CSCC[C@H](C(=O)NC(C)(C)C)N(C)c1nc(-c2cc(OC(C)F)ccn2)nc2c1CCC2. The van der Waals surface area contributed by atoms with Crippen LogP contribution in [0.3, 0.4) is 0 Å². The maximum atomic E-state index is 13.3. The monoisotopic (exact) mass is 475 g/mol. The van der Waals surface area contributed by atoms with E-state index in [-0.39, 0.29) is 17.5 Å². The lowest BCUT2D eigenvalue weighted by atomic mass is 10.1. The molecule has 2 atom stereocenters. The number of hydrogen-bond acceptors (Lipinski definition) is 7. The first-order chi connectivity index (χ1) is 15.6. The van der Waals surface area contributed by atoms with Crippen LogP contribution in [0.25, 0.3) is 11.5 Å². The maximum Gasteiger partial charge on any atom is 0.243 e. The zero-order valence-corrected chi connectivity index (χ0v) is 21.1. The molecule has 1 aliphatic rings. The van der Waals surface area contributed by atoms with Gasteiger partial charge in [0.25, 0.3) is 0 Å². The van der Waals surface area contributed by atoms with Gasteiger partial charge >= 0.3 is 0 Å². The topological polar surface area (TPSA) is 80.2 Å². The number of likely N-dealkylation sites (N-methyl/N-ethyl adjacent to an activating group) is 1. The third kappa shape index (κ3) is 6.56. The maximum absolute atomic E-state index is 13.3. The van der Waals surface area contributed by atoms with Crippen molar-refractivity contribution < 1.29 is 13.9 Å². The van der Waals surface area contributed by atoms with E-state index in [9.17, 15) is 9.18 Å². The van der Waals surface area contributed by atoms with Crippen LogP contribution in [0.5, 0.6) is 5.75 Å². The second-order valence-electron chi connectivity index (χ2n) is 9.33. The Hall–Kier alpha value is -2.42. The van der Waals surface area contributed by atoms with Gasteiger partial charge in [0.05, 0.1) is 0 Å². The lowest BCUT2D eigenvalue weighted by Crippen LogP contribution is -2.52. The quantitative estimate of drug-likeness (QED) is 0.582. The fourth-order valence-corrected chi connectivity index (χ4v) is 4.40. The van der Waals surface area contributed by atoms with Gasteiger partial charge in [-0.2, -0.15) is 11.8 Å². The molecule has 0 saturated carbocycles. The molecule has 1 N–H and O–H groups in total. The number of carbonyl (C=O) groups is 1. The van der Waals surface area contributed by atoms with E-state index in [1.54, 1.807) is 30.1 Å². The molecule has 1 aliphatic carbocycles. The Morgan fingerprint density at radius 1 is 1.33 bits per heavy atom. The molecule has 1 unspecified atom stereocenters. The molecule has 0 radical (unpaired) electrons. The number of halogens is 1. The number of thioether (sulfide) groups is 1. The smallest absolute Gasteiger partial charge is 0.243 e. The average Bonchev–Trinajstić information content (AvgIpc) is 3.20. The molecular formula is C24H34FN5O2S. The molecule has 7 nitrogen and oxygen atoms in total. The van der Waals surface area contributed by atoms with Gasteiger partial charge in [0, 0.05) is 43.0 Å². The summed E-state index contributed by atoms with van der Waals surface area (Å²) < 4.78 is 18.5. The highest BCUT2D eigenvalue weighted by molar-refractivity contribution is 7.98. The molecule has 33 heavy (non-hydrogen) atoms. The number of anilines is 1. The van der Waals surface area contributed by atoms with Gasteiger partial charge in [-0.15, -0.1) is 0 Å². The molecule has 2 aromatic heterocycles. The van der Waals surface area contributed by atoms with E-state index in [0.29, 0.717) is 23.7 Å². The number of pyridine rings is 1. The zero-order chi connectivity index (χ0) is 24.2. The van der Waals surface area contributed by atoms with Gasteiger partial charge in [0.2, 0.25) is 12.3 Å². The van der Waals surface area contributed by atoms with Crippen molar-refractivity contribution in [3.8, 4) is 17.3 Å². The summed E-state index contributed by atoms with van der Waals surface area (Å²) in [7, 11) is 1.93. The predicted octanol–water partition coefficient (Wildman–Crippen LogP) is 4.19. The van der Waals surface area contributed by atoms with Gasteiger partial charge in [-0.3, -0.25) is 9.78 Å². The standard InChI is InChI=1S/C24H34FN5O2S/c1-15(25)32-16-10-12-26-19(14-16)21-27-18-9-7-8-17(18)22(28-21)30(5)20(11-13-33-6)23(31)29-24(2,3)4/h10,12,14-15,20H,7-9,11,13H2,1-6H3,(H,29,31)/t15?,20-/m1/s1. The number of rotatable bonds is 9. The van der Waals surface area contributed by atoms with Crippen LogP contribution >= 0.6 is 11.8 Å². The minimum Gasteiger partial charge on any atom is -0.461 e. The molecule has 2 heterocycles. The largest absolute Gasteiger partial charge is 0.461 e. The summed E-state index contributed by atoms with van der Waals surface area (Å²) in [5.74, 6) is 2.42. The molecule has 0 fully saturated rings. The van der Waals surface area contributed by atoms with E-state index in [0.717, 1.165) is 42.1 Å². The van der Waals surface area contributed by atoms with Crippen LogP contribution in [0, 0.1) is 0 Å². The van der Waals surface area contributed by atoms with Crippen molar-refractivity contribution in [1.29, 1.82) is 0 Å². The van der Waals surface area contributed by atoms with Crippen LogP contribution in [0.4, 0.5) is 10.2 Å². The van der Waals surface area contributed by atoms with E-state index in [1.807, 2.05) is 39.0 Å². The van der Waals surface area contributed by atoms with Crippen molar-refractivity contribution in [2.75, 3.05) is 24.0 Å². The van der Waals surface area contributed by atoms with E-state index >= 15 is 0 Å². The van der Waals surface area contributed by atoms with Crippen molar-refractivity contribution in [2.24, 2.45) is 0 Å². The lowest BCUT2D eigenvalue weighted by Gasteiger charge is -2.32. The van der Waals surface area contributed by atoms with Crippen molar-refractivity contribution in [2.45, 2.75) is 71.3 Å². The Balaban J connectivity index is 2.01. The molecule has 3 rings (SSSR count). The van der Waals surface area contributed by atoms with Crippen LogP contribution in [-0.2, 0) is 17.6 Å². The van der Waals surface area contributed by atoms with Crippen LogP contribution in [0.15, 0.2) is 18.3 Å². The highest BCUT2D eigenvalue weighted by Gasteiger charge is 2.31. The van der Waals surface area contributed by atoms with E-state index < -0.39 is 6.36 Å². The third-order valence-corrected chi connectivity index (χ3v) is 6.01. The number of aryl methyl sites for hydroxylation is 1. The average molecular weight is 476 g/mol. The molecule has 9 heteroatoms. The number of fused-ring (bicyclic) bond motifs is 1. The Morgan fingerprint density at radius 2 is 2.09 bits per heavy atom. The van der Waals surface area contributed by atoms with Gasteiger partial charge < -0.3 is 15.0 Å². The van der Waals surface area contributed by atoms with E-state index in [4.69, 9.17) is 14.7 Å². The number of aromatic nitrogens is 3. The third-order valence-electron chi connectivity index (χ3n) is 5.37. The summed E-state index contributed by atoms with van der Waals surface area (Å²) in [4.78, 5) is 29.2. The highest BCUT2D eigenvalue weighted by Crippen LogP contribution is 2.32. The zero-order valence-electron chi connectivity index (χ0n) is 20.3. The van der Waals surface area contributed by atoms with Crippen molar-refractivity contribution in [3.63, 3.8) is 0 Å².